The summed E-state index contributed by atoms with van der Waals surface area (Å²) in [6.07, 6.45) is 11.0. The van der Waals surface area contributed by atoms with E-state index in [1.54, 1.807) is 0 Å². The van der Waals surface area contributed by atoms with Gasteiger partial charge < -0.3 is 19.3 Å². The van der Waals surface area contributed by atoms with Crippen LogP contribution in [0.2, 0.25) is 0 Å². The molecule has 0 saturated heterocycles. The Morgan fingerprint density at radius 1 is 0.524 bits per heavy atom. The van der Waals surface area contributed by atoms with Gasteiger partial charge in [0.25, 0.3) is 0 Å². The normalized spacial score (nSPS) is 11.1. The van der Waals surface area contributed by atoms with E-state index in [2.05, 4.69) is 6.92 Å². The summed E-state index contributed by atoms with van der Waals surface area (Å²) in [6.45, 7) is 6.64. The van der Waals surface area contributed by atoms with E-state index < -0.39 is 0 Å². The molecule has 0 rings (SSSR count). The van der Waals surface area contributed by atoms with Crippen molar-refractivity contribution in [3.8, 4) is 0 Å². The summed E-state index contributed by atoms with van der Waals surface area (Å²) >= 11 is 0. The SMILES string of the molecule is CCCCCCCCCOCCOCCOCCCCO. The van der Waals surface area contributed by atoms with Crippen molar-refractivity contribution in [3.05, 3.63) is 0 Å². The molecule has 0 aliphatic rings. The van der Waals surface area contributed by atoms with Gasteiger partial charge in [-0.25, -0.2) is 0 Å². The summed E-state index contributed by atoms with van der Waals surface area (Å²) in [5.74, 6) is 0. The van der Waals surface area contributed by atoms with Crippen molar-refractivity contribution in [1.82, 2.24) is 0 Å². The van der Waals surface area contributed by atoms with Crippen molar-refractivity contribution in [3.63, 3.8) is 0 Å². The molecule has 128 valence electrons. The minimum absolute atomic E-state index is 0.246. The van der Waals surface area contributed by atoms with Gasteiger partial charge in [0.2, 0.25) is 0 Å². The number of rotatable bonds is 18. The Kier molecular flexibility index (Phi) is 19.7. The van der Waals surface area contributed by atoms with Crippen LogP contribution in [0, 0.1) is 0 Å². The molecule has 0 spiro atoms. The van der Waals surface area contributed by atoms with Crippen molar-refractivity contribution in [2.24, 2.45) is 0 Å². The summed E-state index contributed by atoms with van der Waals surface area (Å²) in [5, 5.41) is 8.60. The molecular weight excluding hydrogens is 268 g/mol. The van der Waals surface area contributed by atoms with Crippen LogP contribution in [0.1, 0.15) is 64.7 Å². The van der Waals surface area contributed by atoms with Crippen molar-refractivity contribution in [2.75, 3.05) is 46.2 Å². The van der Waals surface area contributed by atoms with Crippen molar-refractivity contribution in [2.45, 2.75) is 64.7 Å². The monoisotopic (exact) mass is 304 g/mol. The predicted molar refractivity (Wildman–Crippen MR) is 86.8 cm³/mol. The molecule has 0 aromatic rings. The molecule has 0 unspecified atom stereocenters. The second-order valence-electron chi connectivity index (χ2n) is 5.39. The van der Waals surface area contributed by atoms with Gasteiger partial charge >= 0.3 is 0 Å². The Morgan fingerprint density at radius 2 is 0.952 bits per heavy atom. The quantitative estimate of drug-likeness (QED) is 0.393. The highest BCUT2D eigenvalue weighted by Gasteiger charge is 1.93. The van der Waals surface area contributed by atoms with Crippen LogP contribution >= 0.6 is 0 Å². The highest BCUT2D eigenvalue weighted by molar-refractivity contribution is 4.45. The number of unbranched alkanes of at least 4 members (excludes halogenated alkanes) is 7. The van der Waals surface area contributed by atoms with Gasteiger partial charge in [0.1, 0.15) is 0 Å². The molecule has 0 aromatic heterocycles. The number of ether oxygens (including phenoxy) is 3. The Bertz CT molecular complexity index is 158. The van der Waals surface area contributed by atoms with Crippen LogP contribution in [0.5, 0.6) is 0 Å². The third kappa shape index (κ3) is 19.8. The van der Waals surface area contributed by atoms with Crippen LogP contribution in [0.3, 0.4) is 0 Å². The Morgan fingerprint density at radius 3 is 1.48 bits per heavy atom. The summed E-state index contributed by atoms with van der Waals surface area (Å²) in [6, 6.07) is 0. The first-order chi connectivity index (χ1) is 10.4. The van der Waals surface area contributed by atoms with E-state index in [-0.39, 0.29) is 6.61 Å². The molecule has 0 heterocycles. The van der Waals surface area contributed by atoms with Crippen LogP contribution in [0.4, 0.5) is 0 Å². The van der Waals surface area contributed by atoms with Gasteiger partial charge in [0, 0.05) is 19.8 Å². The minimum Gasteiger partial charge on any atom is -0.396 e. The van der Waals surface area contributed by atoms with Crippen LogP contribution in [0.25, 0.3) is 0 Å². The average Bonchev–Trinajstić information content (AvgIpc) is 2.50. The molecule has 4 nitrogen and oxygen atoms in total. The summed E-state index contributed by atoms with van der Waals surface area (Å²) < 4.78 is 16.3. The first kappa shape index (κ1) is 20.8. The van der Waals surface area contributed by atoms with Gasteiger partial charge in [-0.05, 0) is 19.3 Å². The molecule has 1 N–H and O–H groups in total. The molecule has 0 saturated carbocycles. The van der Waals surface area contributed by atoms with Crippen molar-refractivity contribution >= 4 is 0 Å². The number of hydrogen-bond acceptors (Lipinski definition) is 4. The molecule has 0 amide bonds. The summed E-state index contributed by atoms with van der Waals surface area (Å²) in [4.78, 5) is 0. The molecular formula is C17H36O4. The van der Waals surface area contributed by atoms with Gasteiger partial charge in [-0.2, -0.15) is 0 Å². The smallest absolute Gasteiger partial charge is 0.0701 e. The van der Waals surface area contributed by atoms with Gasteiger partial charge in [-0.15, -0.1) is 0 Å². The van der Waals surface area contributed by atoms with Crippen LogP contribution in [0.15, 0.2) is 0 Å². The number of aliphatic hydroxyl groups is 1. The second kappa shape index (κ2) is 19.8. The topological polar surface area (TPSA) is 47.9 Å². The zero-order chi connectivity index (χ0) is 15.4. The fraction of sp³-hybridized carbons (Fsp3) is 1.00. The first-order valence-corrected chi connectivity index (χ1v) is 8.76. The molecule has 0 aromatic carbocycles. The van der Waals surface area contributed by atoms with E-state index in [0.29, 0.717) is 33.0 Å². The molecule has 0 fully saturated rings. The van der Waals surface area contributed by atoms with E-state index in [1.165, 1.54) is 44.9 Å². The number of aliphatic hydroxyl groups excluding tert-OH is 1. The molecule has 4 heteroatoms. The molecule has 0 atom stereocenters. The Balaban J connectivity index is 2.90. The van der Waals surface area contributed by atoms with Gasteiger partial charge in [-0.3, -0.25) is 0 Å². The zero-order valence-electron chi connectivity index (χ0n) is 14.0. The molecule has 0 radical (unpaired) electrons. The summed E-state index contributed by atoms with van der Waals surface area (Å²) in [5.41, 5.74) is 0. The summed E-state index contributed by atoms with van der Waals surface area (Å²) in [7, 11) is 0. The van der Waals surface area contributed by atoms with Crippen LogP contribution < -0.4 is 0 Å². The van der Waals surface area contributed by atoms with Gasteiger partial charge in [0.05, 0.1) is 26.4 Å². The predicted octanol–water partition coefficient (Wildman–Crippen LogP) is 3.56. The maximum Gasteiger partial charge on any atom is 0.0701 e. The molecule has 21 heavy (non-hydrogen) atoms. The van der Waals surface area contributed by atoms with Crippen molar-refractivity contribution < 1.29 is 19.3 Å². The van der Waals surface area contributed by atoms with E-state index >= 15 is 0 Å². The standard InChI is InChI=1S/C17H36O4/c1-2-3-4-5-6-7-9-12-19-14-16-21-17-15-20-13-10-8-11-18/h18H,2-17H2,1H3. The Hall–Kier alpha value is -0.160. The fourth-order valence-electron chi connectivity index (χ4n) is 2.02. The first-order valence-electron chi connectivity index (χ1n) is 8.76. The maximum absolute atomic E-state index is 8.60. The lowest BCUT2D eigenvalue weighted by atomic mass is 10.1. The molecule has 0 aliphatic heterocycles. The zero-order valence-corrected chi connectivity index (χ0v) is 14.0. The fourth-order valence-corrected chi connectivity index (χ4v) is 2.02. The van der Waals surface area contributed by atoms with Crippen LogP contribution in [-0.4, -0.2) is 51.4 Å². The minimum atomic E-state index is 0.246. The average molecular weight is 304 g/mol. The van der Waals surface area contributed by atoms with Gasteiger partial charge in [0.15, 0.2) is 0 Å². The Labute approximate surface area is 131 Å². The van der Waals surface area contributed by atoms with E-state index in [0.717, 1.165) is 19.4 Å². The van der Waals surface area contributed by atoms with Crippen LogP contribution in [-0.2, 0) is 14.2 Å². The van der Waals surface area contributed by atoms with Gasteiger partial charge in [-0.1, -0.05) is 45.4 Å². The maximum atomic E-state index is 8.60. The molecule has 0 bridgehead atoms. The van der Waals surface area contributed by atoms with E-state index in [9.17, 15) is 0 Å². The lowest BCUT2D eigenvalue weighted by Gasteiger charge is -2.06. The highest BCUT2D eigenvalue weighted by Crippen LogP contribution is 2.06. The third-order valence-electron chi connectivity index (χ3n) is 3.33. The third-order valence-corrected chi connectivity index (χ3v) is 3.33. The number of hydrogen-bond donors (Lipinski definition) is 1. The van der Waals surface area contributed by atoms with E-state index in [4.69, 9.17) is 19.3 Å². The van der Waals surface area contributed by atoms with Crippen molar-refractivity contribution in [1.29, 1.82) is 0 Å². The largest absolute Gasteiger partial charge is 0.396 e. The second-order valence-corrected chi connectivity index (χ2v) is 5.39. The molecule has 0 aliphatic carbocycles. The van der Waals surface area contributed by atoms with E-state index in [1.807, 2.05) is 0 Å². The highest BCUT2D eigenvalue weighted by atomic mass is 16.5. The lowest BCUT2D eigenvalue weighted by Crippen LogP contribution is -2.10. The lowest BCUT2D eigenvalue weighted by molar-refractivity contribution is 0.0128.